The van der Waals surface area contributed by atoms with Gasteiger partial charge in [0.25, 0.3) is 5.56 Å². The molecule has 206 valence electrons. The fourth-order valence-electron chi connectivity index (χ4n) is 4.72. The normalized spacial score (nSPS) is 18.0. The van der Waals surface area contributed by atoms with Crippen LogP contribution in [-0.4, -0.2) is 44.5 Å². The molecular weight excluding hydrogens is 555 g/mol. The Bertz CT molecular complexity index is 1650. The number of rotatable bonds is 6. The molecule has 0 saturated carbocycles. The van der Waals surface area contributed by atoms with E-state index in [1.165, 1.54) is 17.7 Å². The molecule has 5 rings (SSSR count). The highest BCUT2D eigenvalue weighted by Gasteiger charge is 2.29. The van der Waals surface area contributed by atoms with Crippen LogP contribution in [0, 0.1) is 12.8 Å². The fourth-order valence-corrected chi connectivity index (χ4v) is 6.10. The Labute approximate surface area is 230 Å². The first kappa shape index (κ1) is 27.4. The lowest BCUT2D eigenvalue weighted by Gasteiger charge is -2.31. The molecule has 3 aromatic heterocycles. The molecule has 1 fully saturated rings. The van der Waals surface area contributed by atoms with Gasteiger partial charge in [-0.25, -0.2) is 14.8 Å². The van der Waals surface area contributed by atoms with Crippen LogP contribution in [0.1, 0.15) is 23.8 Å². The molecule has 8 nitrogen and oxygen atoms in total. The first-order valence-electron chi connectivity index (χ1n) is 12.3. The maximum absolute atomic E-state index is 12.9. The first-order chi connectivity index (χ1) is 18.5. The largest absolute Gasteiger partial charge is 0.489 e. The highest BCUT2D eigenvalue weighted by molar-refractivity contribution is 7.19. The third-order valence-electron chi connectivity index (χ3n) is 6.64. The summed E-state index contributed by atoms with van der Waals surface area (Å²) < 4.78 is 47.2. The number of ether oxygens (including phenoxy) is 1. The predicted octanol–water partition coefficient (Wildman–Crippen LogP) is 4.63. The van der Waals surface area contributed by atoms with Gasteiger partial charge in [0.15, 0.2) is 0 Å². The van der Waals surface area contributed by atoms with E-state index in [4.69, 9.17) is 16.3 Å². The van der Waals surface area contributed by atoms with E-state index in [-0.39, 0.29) is 12.6 Å². The van der Waals surface area contributed by atoms with Crippen LogP contribution < -0.4 is 21.3 Å². The van der Waals surface area contributed by atoms with E-state index in [0.29, 0.717) is 47.6 Å². The summed E-state index contributed by atoms with van der Waals surface area (Å²) in [5.41, 5.74) is 0.954. The lowest BCUT2D eigenvalue weighted by molar-refractivity contribution is -0.141. The molecule has 4 heterocycles. The Hall–Kier alpha value is -3.22. The van der Waals surface area contributed by atoms with Crippen LogP contribution in [0.15, 0.2) is 46.4 Å². The summed E-state index contributed by atoms with van der Waals surface area (Å²) in [5, 5.41) is 3.88. The van der Waals surface area contributed by atoms with Crippen molar-refractivity contribution < 1.29 is 17.9 Å². The highest BCUT2D eigenvalue weighted by atomic mass is 35.5. The maximum atomic E-state index is 12.9. The number of nitrogens with one attached hydrogen (secondary N) is 1. The number of aromatic nitrogens is 4. The molecule has 0 aliphatic carbocycles. The summed E-state index contributed by atoms with van der Waals surface area (Å²) in [6.07, 6.45) is -1.48. The quantitative estimate of drug-likeness (QED) is 0.358. The van der Waals surface area contributed by atoms with Gasteiger partial charge in [-0.15, -0.1) is 11.3 Å². The summed E-state index contributed by atoms with van der Waals surface area (Å²) in [6.45, 7) is 4.06. The third kappa shape index (κ3) is 5.87. The molecule has 0 spiro atoms. The van der Waals surface area contributed by atoms with Crippen molar-refractivity contribution in [3.8, 4) is 17.0 Å². The Morgan fingerprint density at radius 1 is 1.23 bits per heavy atom. The average molecular weight is 580 g/mol. The number of hydrogen-bond acceptors (Lipinski definition) is 7. The summed E-state index contributed by atoms with van der Waals surface area (Å²) in [5.74, 6) is 0.966. The number of aryl methyl sites for hydroxylation is 1. The molecule has 0 unspecified atom stereocenters. The van der Waals surface area contributed by atoms with Crippen LogP contribution in [0.5, 0.6) is 5.75 Å². The number of thiophene rings is 1. The Kier molecular flexibility index (Phi) is 7.53. The van der Waals surface area contributed by atoms with Crippen molar-refractivity contribution in [2.24, 2.45) is 5.92 Å². The van der Waals surface area contributed by atoms with Crippen molar-refractivity contribution in [3.63, 3.8) is 0 Å². The number of nitrogens with zero attached hydrogens (tertiary/aromatic N) is 4. The van der Waals surface area contributed by atoms with E-state index in [1.54, 1.807) is 12.1 Å². The number of benzene rings is 1. The Morgan fingerprint density at radius 2 is 2.03 bits per heavy atom. The van der Waals surface area contributed by atoms with E-state index in [9.17, 15) is 22.8 Å². The molecule has 0 amide bonds. The monoisotopic (exact) mass is 579 g/mol. The molecule has 1 saturated heterocycles. The SMILES string of the molecule is Cc1cc(Cl)cc(-c2ncnc3cc(Cn4c(=O)ccn(CC(F)(F)F)c4=O)sc23)c1O[C@H]1CCNC[C@H]1C. The van der Waals surface area contributed by atoms with Crippen LogP contribution in [0.25, 0.3) is 21.5 Å². The number of halogens is 4. The number of alkyl halides is 3. The molecule has 1 aliphatic rings. The van der Waals surface area contributed by atoms with Gasteiger partial charge in [0.1, 0.15) is 24.7 Å². The summed E-state index contributed by atoms with van der Waals surface area (Å²) in [6, 6.07) is 6.27. The zero-order valence-corrected chi connectivity index (χ0v) is 22.7. The topological polar surface area (TPSA) is 91.0 Å². The van der Waals surface area contributed by atoms with Crippen molar-refractivity contribution in [1.82, 2.24) is 24.4 Å². The Balaban J connectivity index is 1.56. The summed E-state index contributed by atoms with van der Waals surface area (Å²) >= 11 is 7.70. The van der Waals surface area contributed by atoms with Gasteiger partial charge in [-0.1, -0.05) is 18.5 Å². The first-order valence-corrected chi connectivity index (χ1v) is 13.5. The van der Waals surface area contributed by atoms with Crippen molar-refractivity contribution in [2.45, 2.75) is 45.6 Å². The molecule has 1 N–H and O–H groups in total. The minimum absolute atomic E-state index is 0.00456. The molecule has 39 heavy (non-hydrogen) atoms. The second kappa shape index (κ2) is 10.7. The molecule has 13 heteroatoms. The Morgan fingerprint density at radius 3 is 2.77 bits per heavy atom. The molecule has 0 bridgehead atoms. The molecular formula is C26H25ClF3N5O3S. The minimum atomic E-state index is -4.60. The predicted molar refractivity (Wildman–Crippen MR) is 144 cm³/mol. The molecule has 1 aliphatic heterocycles. The van der Waals surface area contributed by atoms with Crippen LogP contribution in [0.3, 0.4) is 0 Å². The lowest BCUT2D eigenvalue weighted by Crippen LogP contribution is -2.41. The second-order valence-electron chi connectivity index (χ2n) is 9.64. The summed E-state index contributed by atoms with van der Waals surface area (Å²) in [4.78, 5) is 34.5. The second-order valence-corrected chi connectivity index (χ2v) is 11.2. The van der Waals surface area contributed by atoms with Crippen LogP contribution >= 0.6 is 22.9 Å². The maximum Gasteiger partial charge on any atom is 0.406 e. The van der Waals surface area contributed by atoms with Gasteiger partial charge in [-0.3, -0.25) is 13.9 Å². The zero-order valence-electron chi connectivity index (χ0n) is 21.1. The van der Waals surface area contributed by atoms with Gasteiger partial charge in [0.2, 0.25) is 0 Å². The third-order valence-corrected chi connectivity index (χ3v) is 7.97. The van der Waals surface area contributed by atoms with E-state index < -0.39 is 24.0 Å². The minimum Gasteiger partial charge on any atom is -0.489 e. The van der Waals surface area contributed by atoms with E-state index >= 15 is 0 Å². The lowest BCUT2D eigenvalue weighted by atomic mass is 9.97. The van der Waals surface area contributed by atoms with Crippen LogP contribution in [0.4, 0.5) is 13.2 Å². The van der Waals surface area contributed by atoms with Gasteiger partial charge in [-0.05, 0) is 43.7 Å². The van der Waals surface area contributed by atoms with Crippen molar-refractivity contribution in [2.75, 3.05) is 13.1 Å². The average Bonchev–Trinajstić information content (AvgIpc) is 3.28. The number of piperidine rings is 1. The van der Waals surface area contributed by atoms with Gasteiger partial charge in [-0.2, -0.15) is 13.2 Å². The smallest absolute Gasteiger partial charge is 0.406 e. The molecule has 4 aromatic rings. The van der Waals surface area contributed by atoms with Gasteiger partial charge in [0, 0.05) is 40.2 Å². The van der Waals surface area contributed by atoms with Crippen molar-refractivity contribution in [3.05, 3.63) is 73.1 Å². The molecule has 0 radical (unpaired) electrons. The zero-order chi connectivity index (χ0) is 27.9. The highest BCUT2D eigenvalue weighted by Crippen LogP contribution is 2.41. The van der Waals surface area contributed by atoms with Gasteiger partial charge >= 0.3 is 11.9 Å². The van der Waals surface area contributed by atoms with E-state index in [0.717, 1.165) is 41.9 Å². The summed E-state index contributed by atoms with van der Waals surface area (Å²) in [7, 11) is 0. The number of hydrogen-bond donors (Lipinski definition) is 1. The van der Waals surface area contributed by atoms with Gasteiger partial charge in [0.05, 0.1) is 22.5 Å². The van der Waals surface area contributed by atoms with Crippen LogP contribution in [0.2, 0.25) is 5.02 Å². The van der Waals surface area contributed by atoms with Crippen molar-refractivity contribution >= 4 is 33.2 Å². The fraction of sp³-hybridized carbons (Fsp3) is 0.385. The van der Waals surface area contributed by atoms with E-state index in [2.05, 4.69) is 22.2 Å². The van der Waals surface area contributed by atoms with Gasteiger partial charge < -0.3 is 10.1 Å². The van der Waals surface area contributed by atoms with Crippen LogP contribution in [-0.2, 0) is 13.1 Å². The van der Waals surface area contributed by atoms with Crippen molar-refractivity contribution in [1.29, 1.82) is 0 Å². The standard InChI is InChI=1S/C26H25ClF3N5O3S/c1-14-7-16(27)8-18(23(14)38-20-3-5-31-10-15(20)2)22-24-19(32-13-33-22)9-17(39-24)11-35-21(36)4-6-34(25(35)37)12-26(28,29)30/h4,6-9,13,15,20,31H,3,5,10-12H2,1-2H3/t15-,20+/m1/s1. The molecule has 1 aromatic carbocycles. The van der Waals surface area contributed by atoms with E-state index in [1.807, 2.05) is 13.0 Å². The number of fused-ring (bicyclic) bond motifs is 1. The molecule has 2 atom stereocenters.